The van der Waals surface area contributed by atoms with E-state index in [2.05, 4.69) is 6.58 Å². The summed E-state index contributed by atoms with van der Waals surface area (Å²) in [6.45, 7) is 4.03. The Hall–Kier alpha value is -0.770. The van der Waals surface area contributed by atoms with Crippen LogP contribution in [0.3, 0.4) is 0 Å². The zero-order valence-electron chi connectivity index (χ0n) is 12.1. The summed E-state index contributed by atoms with van der Waals surface area (Å²) >= 11 is 0. The molecule has 5 nitrogen and oxygen atoms in total. The Morgan fingerprint density at radius 2 is 1.89 bits per heavy atom. The maximum Gasteiger partial charge on any atom is 0.330 e. The Kier molecular flexibility index (Phi) is 8.81. The first kappa shape index (κ1) is 18.2. The van der Waals surface area contributed by atoms with Gasteiger partial charge in [0.15, 0.2) is 0 Å². The highest BCUT2D eigenvalue weighted by molar-refractivity contribution is 7.69. The Balaban J connectivity index is 3.63. The molecule has 1 unspecified atom stereocenters. The van der Waals surface area contributed by atoms with E-state index in [-0.39, 0.29) is 5.52 Å². The van der Waals surface area contributed by atoms with Crippen molar-refractivity contribution in [3.8, 4) is 0 Å². The molecule has 6 heteroatoms. The summed E-state index contributed by atoms with van der Waals surface area (Å²) in [5.74, 6) is -0.414. The van der Waals surface area contributed by atoms with E-state index in [1.807, 2.05) is 21.1 Å². The van der Waals surface area contributed by atoms with Crippen molar-refractivity contribution in [2.24, 2.45) is 0 Å². The lowest BCUT2D eigenvalue weighted by Crippen LogP contribution is -2.39. The van der Waals surface area contributed by atoms with Gasteiger partial charge in [-0.05, 0) is 25.4 Å². The second-order valence-electron chi connectivity index (χ2n) is 5.40. The lowest BCUT2D eigenvalue weighted by Gasteiger charge is -2.23. The van der Waals surface area contributed by atoms with E-state index in [0.29, 0.717) is 23.8 Å². The van der Waals surface area contributed by atoms with Gasteiger partial charge in [-0.1, -0.05) is 6.58 Å². The van der Waals surface area contributed by atoms with Crippen LogP contribution in [0.2, 0.25) is 0 Å². The van der Waals surface area contributed by atoms with Gasteiger partial charge in [0.05, 0.1) is 27.7 Å². The first-order chi connectivity index (χ1) is 8.76. The van der Waals surface area contributed by atoms with Gasteiger partial charge in [-0.3, -0.25) is 4.79 Å². The number of rotatable bonds is 10. The van der Waals surface area contributed by atoms with Gasteiger partial charge in [-0.2, -0.15) is 0 Å². The van der Waals surface area contributed by atoms with Crippen molar-refractivity contribution in [2.45, 2.75) is 19.3 Å². The van der Waals surface area contributed by atoms with Crippen LogP contribution in [-0.4, -0.2) is 61.3 Å². The Morgan fingerprint density at radius 3 is 2.42 bits per heavy atom. The zero-order valence-corrected chi connectivity index (χ0v) is 13.0. The molecule has 0 spiro atoms. The lowest BCUT2D eigenvalue weighted by molar-refractivity contribution is -0.861. The number of nitrogens with zero attached hydrogens (tertiary/aromatic N) is 1. The largest absolute Gasteiger partial charge is 0.463 e. The Labute approximate surface area is 116 Å². The van der Waals surface area contributed by atoms with Crippen LogP contribution in [0.4, 0.5) is 0 Å². The third-order valence-corrected chi connectivity index (χ3v) is 3.78. The summed E-state index contributed by atoms with van der Waals surface area (Å²) in [5.41, 5.74) is -0.0550. The molecule has 0 aliphatic carbocycles. The molecule has 19 heavy (non-hydrogen) atoms. The topological polar surface area (TPSA) is 63.6 Å². The summed E-state index contributed by atoms with van der Waals surface area (Å²) in [5, 5.41) is 0. The number of likely N-dealkylation sites (N-methyl/N-ethyl adjacent to an activating group) is 1. The quantitative estimate of drug-likeness (QED) is 0.218. The van der Waals surface area contributed by atoms with Crippen LogP contribution in [0.1, 0.15) is 19.3 Å². The molecule has 110 valence electrons. The van der Waals surface area contributed by atoms with Crippen LogP contribution in [0.25, 0.3) is 0 Å². The van der Waals surface area contributed by atoms with Crippen LogP contribution in [0, 0.1) is 0 Å². The molecule has 0 aromatic rings. The van der Waals surface area contributed by atoms with Gasteiger partial charge >= 0.3 is 5.97 Å². The number of esters is 1. The number of carbonyl (C=O) groups excluding carboxylic acids is 2. The summed E-state index contributed by atoms with van der Waals surface area (Å²) < 4.78 is 5.37. The van der Waals surface area contributed by atoms with Crippen molar-refractivity contribution < 1.29 is 23.7 Å². The average Bonchev–Trinajstić information content (AvgIpc) is 2.30. The van der Waals surface area contributed by atoms with E-state index in [4.69, 9.17) is 4.74 Å². The molecule has 0 radical (unpaired) electrons. The van der Waals surface area contributed by atoms with Gasteiger partial charge in [0.25, 0.3) is 0 Å². The molecule has 1 N–H and O–H groups in total. The molecule has 0 fully saturated rings. The maximum absolute atomic E-state index is 11.7. The summed E-state index contributed by atoms with van der Waals surface area (Å²) in [6.07, 6.45) is 4.02. The van der Waals surface area contributed by atoms with Crippen LogP contribution in [0.5, 0.6) is 0 Å². The van der Waals surface area contributed by atoms with Crippen molar-refractivity contribution in [1.29, 1.82) is 0 Å². The number of hydrogen-bond acceptors (Lipinski definition) is 4. The van der Waals surface area contributed by atoms with Crippen molar-refractivity contribution in [3.05, 3.63) is 12.7 Å². The molecule has 0 amide bonds. The first-order valence-corrected chi connectivity index (χ1v) is 7.83. The van der Waals surface area contributed by atoms with E-state index in [0.717, 1.165) is 25.3 Å². The van der Waals surface area contributed by atoms with Gasteiger partial charge in [-0.15, -0.1) is 0 Å². The third kappa shape index (κ3) is 10.8. The lowest BCUT2D eigenvalue weighted by atomic mass is 10.3. The average molecular weight is 290 g/mol. The van der Waals surface area contributed by atoms with E-state index in [1.54, 1.807) is 0 Å². The molecule has 0 aliphatic rings. The molecule has 0 bridgehead atoms. The monoisotopic (exact) mass is 290 g/mol. The van der Waals surface area contributed by atoms with Gasteiger partial charge in [-0.25, -0.2) is 4.79 Å². The van der Waals surface area contributed by atoms with E-state index < -0.39 is 14.1 Å². The highest BCUT2D eigenvalue weighted by atomic mass is 31.1. The molecule has 1 atom stereocenters. The maximum atomic E-state index is 11.7. The number of ether oxygens (including phenoxy) is 1. The molecule has 0 aromatic heterocycles. The van der Waals surface area contributed by atoms with E-state index in [1.165, 1.54) is 0 Å². The fraction of sp³-hybridized carbons (Fsp3) is 0.692. The normalized spacial score (nSPS) is 12.8. The van der Waals surface area contributed by atoms with E-state index in [9.17, 15) is 14.5 Å². The Bertz CT molecular complexity index is 312. The summed E-state index contributed by atoms with van der Waals surface area (Å²) in [7, 11) is 4.26. The predicted molar refractivity (Wildman–Crippen MR) is 76.9 cm³/mol. The number of unbranched alkanes of at least 4 members (excludes halogenated alkanes) is 2. The molecule has 0 heterocycles. The van der Waals surface area contributed by atoms with Gasteiger partial charge in [0.2, 0.25) is 5.52 Å². The van der Waals surface area contributed by atoms with Gasteiger partial charge < -0.3 is 14.1 Å². The minimum absolute atomic E-state index is 0.0550. The van der Waals surface area contributed by atoms with Gasteiger partial charge in [0, 0.05) is 6.08 Å². The number of quaternary nitrogens is 1. The number of hydrogen-bond donors (Lipinski definition) is 1. The third-order valence-electron chi connectivity index (χ3n) is 2.32. The molecule has 0 saturated carbocycles. The van der Waals surface area contributed by atoms with Crippen molar-refractivity contribution >= 4 is 19.6 Å². The molecule has 0 aliphatic heterocycles. The summed E-state index contributed by atoms with van der Waals surface area (Å²) in [6, 6.07) is 0. The van der Waals surface area contributed by atoms with Crippen molar-refractivity contribution in [3.63, 3.8) is 0 Å². The molecule has 0 aromatic carbocycles. The smallest absolute Gasteiger partial charge is 0.330 e. The highest BCUT2D eigenvalue weighted by Gasteiger charge is 2.21. The van der Waals surface area contributed by atoms with E-state index >= 15 is 0 Å². The SMILES string of the molecule is C=CC(=O)OCCCCCP(O)C(=O)C[N+](C)(C)C. The molecule has 0 saturated heterocycles. The minimum Gasteiger partial charge on any atom is -0.463 e. The Morgan fingerprint density at radius 1 is 1.26 bits per heavy atom. The standard InChI is InChI=1S/C13H25NO4P/c1-5-12(15)18-9-7-6-8-10-19(17)13(16)11-14(2,3)4/h5,17H,1,6-11H2,2-4H3/q+1. The molecular formula is C13H25NO4P+. The van der Waals surface area contributed by atoms with Gasteiger partial charge in [0.1, 0.15) is 14.7 Å². The van der Waals surface area contributed by atoms with Crippen molar-refractivity contribution in [1.82, 2.24) is 0 Å². The molecule has 0 rings (SSSR count). The number of carbonyl (C=O) groups is 2. The zero-order chi connectivity index (χ0) is 14.9. The van der Waals surface area contributed by atoms with Crippen LogP contribution in [-0.2, 0) is 14.3 Å². The van der Waals surface area contributed by atoms with Crippen LogP contribution in [0.15, 0.2) is 12.7 Å². The highest BCUT2D eigenvalue weighted by Crippen LogP contribution is 2.32. The predicted octanol–water partition coefficient (Wildman–Crippen LogP) is 1.51. The first-order valence-electron chi connectivity index (χ1n) is 6.35. The van der Waals surface area contributed by atoms with Crippen LogP contribution < -0.4 is 0 Å². The fourth-order valence-corrected chi connectivity index (χ4v) is 2.74. The van der Waals surface area contributed by atoms with Crippen LogP contribution >= 0.6 is 8.15 Å². The minimum atomic E-state index is -1.52. The summed E-state index contributed by atoms with van der Waals surface area (Å²) in [4.78, 5) is 32.2. The second-order valence-corrected chi connectivity index (χ2v) is 7.14. The fourth-order valence-electron chi connectivity index (χ4n) is 1.38. The van der Waals surface area contributed by atoms with Crippen molar-refractivity contribution in [2.75, 3.05) is 40.5 Å². The molecular weight excluding hydrogens is 265 g/mol. The second kappa shape index (κ2) is 9.18.